The average Bonchev–Trinajstić information content (AvgIpc) is 2.10. The molecule has 0 saturated carbocycles. The fourth-order valence-corrected chi connectivity index (χ4v) is 1.23. The van der Waals surface area contributed by atoms with Crippen molar-refractivity contribution in [1.82, 2.24) is 0 Å². The first-order valence-electron chi connectivity index (χ1n) is 3.19. The molecule has 3 nitrogen and oxygen atoms in total. The molecule has 0 unspecified atom stereocenters. The number of methoxy groups -OCH3 is 1. The van der Waals surface area contributed by atoms with Crippen molar-refractivity contribution in [1.29, 1.82) is 0 Å². The average molecular weight is 269 g/mol. The van der Waals surface area contributed by atoms with Gasteiger partial charge in [0, 0.05) is 10.0 Å². The van der Waals surface area contributed by atoms with E-state index in [4.69, 9.17) is 4.74 Å². The van der Waals surface area contributed by atoms with Gasteiger partial charge in [-0.05, 0) is 12.1 Å². The van der Waals surface area contributed by atoms with Crippen LogP contribution in [-0.2, 0) is 0 Å². The maximum atomic E-state index is 11.2. The van der Waals surface area contributed by atoms with Gasteiger partial charge in [-0.2, -0.15) is 0 Å². The van der Waals surface area contributed by atoms with E-state index in [-0.39, 0.29) is 67.4 Å². The van der Waals surface area contributed by atoms with Crippen molar-refractivity contribution in [2.45, 2.75) is 0 Å². The molecule has 1 aromatic carbocycles. The molecule has 0 aliphatic heterocycles. The van der Waals surface area contributed by atoms with Crippen LogP contribution in [0.3, 0.4) is 0 Å². The summed E-state index contributed by atoms with van der Waals surface area (Å²) in [6, 6.07) is 2.99. The van der Waals surface area contributed by atoms with Gasteiger partial charge in [-0.3, -0.25) is 4.79 Å². The molecule has 0 aliphatic rings. The van der Waals surface area contributed by atoms with Crippen molar-refractivity contribution >= 4 is 22.2 Å². The number of hydrogen-bond acceptors (Lipinski definition) is 3. The molecular formula is C8H6BrKO3. The third-order valence-corrected chi connectivity index (χ3v) is 2.26. The summed E-state index contributed by atoms with van der Waals surface area (Å²) in [6.07, 6.45) is 0.616. The summed E-state index contributed by atoms with van der Waals surface area (Å²) in [5, 5.41) is 11.2. The largest absolute Gasteiger partial charge is 1.00 e. The van der Waals surface area contributed by atoms with Gasteiger partial charge >= 0.3 is 51.4 Å². The standard InChI is InChI=1S/C8H7BrO3.K/c1-12-6-3-2-5(4-10)7(9)8(6)11;/h2-4,11H,1H3;/q;+1/p-1. The van der Waals surface area contributed by atoms with E-state index < -0.39 is 0 Å². The Morgan fingerprint density at radius 1 is 1.54 bits per heavy atom. The first-order valence-corrected chi connectivity index (χ1v) is 3.98. The van der Waals surface area contributed by atoms with E-state index in [1.807, 2.05) is 0 Å². The van der Waals surface area contributed by atoms with E-state index >= 15 is 0 Å². The Labute approximate surface area is 127 Å². The quantitative estimate of drug-likeness (QED) is 0.477. The van der Waals surface area contributed by atoms with Crippen LogP contribution in [0.25, 0.3) is 0 Å². The van der Waals surface area contributed by atoms with Crippen LogP contribution in [0.2, 0.25) is 0 Å². The van der Waals surface area contributed by atoms with Crippen LogP contribution in [0.5, 0.6) is 11.5 Å². The minimum Gasteiger partial charge on any atom is -0.869 e. The molecule has 0 amide bonds. The zero-order valence-electron chi connectivity index (χ0n) is 7.33. The molecule has 0 heterocycles. The third kappa shape index (κ3) is 3.04. The normalized spacial score (nSPS) is 8.77. The van der Waals surface area contributed by atoms with Gasteiger partial charge in [0.15, 0.2) is 6.29 Å². The van der Waals surface area contributed by atoms with E-state index in [1.54, 1.807) is 0 Å². The zero-order chi connectivity index (χ0) is 9.14. The van der Waals surface area contributed by atoms with Crippen LogP contribution in [0.4, 0.5) is 0 Å². The van der Waals surface area contributed by atoms with Crippen LogP contribution < -0.4 is 61.2 Å². The van der Waals surface area contributed by atoms with Gasteiger partial charge in [-0.25, -0.2) is 0 Å². The number of halogens is 1. The van der Waals surface area contributed by atoms with Crippen LogP contribution >= 0.6 is 15.9 Å². The van der Waals surface area contributed by atoms with E-state index in [2.05, 4.69) is 15.9 Å². The molecule has 64 valence electrons. The van der Waals surface area contributed by atoms with Crippen LogP contribution in [0.1, 0.15) is 10.4 Å². The summed E-state index contributed by atoms with van der Waals surface area (Å²) >= 11 is 3.01. The monoisotopic (exact) mass is 268 g/mol. The molecule has 0 spiro atoms. The molecule has 5 heteroatoms. The number of rotatable bonds is 2. The molecule has 0 aliphatic carbocycles. The smallest absolute Gasteiger partial charge is 0.869 e. The van der Waals surface area contributed by atoms with Crippen LogP contribution in [-0.4, -0.2) is 13.4 Å². The Morgan fingerprint density at radius 2 is 2.15 bits per heavy atom. The van der Waals surface area contributed by atoms with E-state index in [1.165, 1.54) is 19.2 Å². The second-order valence-corrected chi connectivity index (χ2v) is 2.91. The molecule has 1 aromatic rings. The molecular weight excluding hydrogens is 263 g/mol. The van der Waals surface area contributed by atoms with Crippen molar-refractivity contribution in [3.05, 3.63) is 22.2 Å². The molecule has 0 aromatic heterocycles. The number of hydrogen-bond donors (Lipinski definition) is 0. The Kier molecular flexibility index (Phi) is 6.45. The molecule has 0 fully saturated rings. The molecule has 0 saturated heterocycles. The summed E-state index contributed by atoms with van der Waals surface area (Å²) in [4.78, 5) is 10.4. The van der Waals surface area contributed by atoms with Crippen molar-refractivity contribution in [2.24, 2.45) is 0 Å². The zero-order valence-corrected chi connectivity index (χ0v) is 12.0. The second-order valence-electron chi connectivity index (χ2n) is 2.12. The van der Waals surface area contributed by atoms with E-state index in [0.717, 1.165) is 0 Å². The predicted octanol–water partition coefficient (Wildman–Crippen LogP) is -1.65. The number of carbonyl (C=O) groups is 1. The van der Waals surface area contributed by atoms with Gasteiger partial charge in [0.2, 0.25) is 0 Å². The molecule has 13 heavy (non-hydrogen) atoms. The van der Waals surface area contributed by atoms with Crippen molar-refractivity contribution < 1.29 is 66.0 Å². The second kappa shape index (κ2) is 6.16. The van der Waals surface area contributed by atoms with E-state index in [0.29, 0.717) is 11.8 Å². The Morgan fingerprint density at radius 3 is 2.62 bits per heavy atom. The summed E-state index contributed by atoms with van der Waals surface area (Å²) in [5.74, 6) is -0.0745. The van der Waals surface area contributed by atoms with Crippen molar-refractivity contribution in [3.63, 3.8) is 0 Å². The molecule has 0 radical (unpaired) electrons. The van der Waals surface area contributed by atoms with Crippen molar-refractivity contribution in [2.75, 3.05) is 7.11 Å². The number of carbonyl (C=O) groups excluding carboxylic acids is 1. The van der Waals surface area contributed by atoms with Gasteiger partial charge < -0.3 is 9.84 Å². The van der Waals surface area contributed by atoms with Gasteiger partial charge in [0.05, 0.1) is 7.11 Å². The fourth-order valence-electron chi connectivity index (χ4n) is 0.805. The minimum atomic E-state index is -0.304. The topological polar surface area (TPSA) is 49.4 Å². The molecule has 0 N–H and O–H groups in total. The molecule has 0 bridgehead atoms. The first-order chi connectivity index (χ1) is 5.70. The van der Waals surface area contributed by atoms with E-state index in [9.17, 15) is 9.90 Å². The Bertz CT molecular complexity index is 315. The maximum Gasteiger partial charge on any atom is 1.00 e. The molecule has 0 atom stereocenters. The van der Waals surface area contributed by atoms with Gasteiger partial charge in [-0.15, -0.1) is 0 Å². The number of aldehydes is 1. The number of ether oxygens (including phenoxy) is 1. The predicted molar refractivity (Wildman–Crippen MR) is 45.5 cm³/mol. The Hall–Kier alpha value is 0.606. The fraction of sp³-hybridized carbons (Fsp3) is 0.125. The minimum absolute atomic E-state index is 0. The molecule has 1 rings (SSSR count). The van der Waals surface area contributed by atoms with Crippen molar-refractivity contribution in [3.8, 4) is 11.5 Å². The summed E-state index contributed by atoms with van der Waals surface area (Å²) in [6.45, 7) is 0. The van der Waals surface area contributed by atoms with Gasteiger partial charge in [0.25, 0.3) is 0 Å². The first kappa shape index (κ1) is 13.6. The maximum absolute atomic E-state index is 11.2. The third-order valence-electron chi connectivity index (χ3n) is 1.44. The van der Waals surface area contributed by atoms with Gasteiger partial charge in [0.1, 0.15) is 5.75 Å². The number of benzene rings is 1. The summed E-state index contributed by atoms with van der Waals surface area (Å²) < 4.78 is 5.01. The van der Waals surface area contributed by atoms with Gasteiger partial charge in [-0.1, -0.05) is 21.7 Å². The van der Waals surface area contributed by atoms with Crippen LogP contribution in [0.15, 0.2) is 16.6 Å². The summed E-state index contributed by atoms with van der Waals surface area (Å²) in [7, 11) is 1.41. The van der Waals surface area contributed by atoms with Crippen LogP contribution in [0, 0.1) is 0 Å². The Balaban J connectivity index is 0.00000144. The SMILES string of the molecule is COc1ccc(C=O)c(Br)c1[O-].[K+]. The summed E-state index contributed by atoms with van der Waals surface area (Å²) in [5.41, 5.74) is 0.334.